The summed E-state index contributed by atoms with van der Waals surface area (Å²) in [6.07, 6.45) is 0. The maximum Gasteiger partial charge on any atom is 0.231 e. The van der Waals surface area contributed by atoms with Crippen molar-refractivity contribution in [2.24, 2.45) is 0 Å². The highest BCUT2D eigenvalue weighted by Crippen LogP contribution is 2.59. The van der Waals surface area contributed by atoms with Crippen molar-refractivity contribution in [3.05, 3.63) is 433 Å². The number of fused-ring (bicyclic) bond motifs is 6. The topological polar surface area (TPSA) is 111 Å². The van der Waals surface area contributed by atoms with Gasteiger partial charge in [0.2, 0.25) is 40.8 Å². The molecule has 0 saturated heterocycles. The minimum Gasteiger partial charge on any atom is -0.454 e. The summed E-state index contributed by atoms with van der Waals surface area (Å²) in [4.78, 5) is 0. The lowest BCUT2D eigenvalue weighted by Crippen LogP contribution is -2.26. The fraction of sp³-hybridized carbons (Fsp3) is 0.115. The molecule has 18 aromatic carbocycles. The first kappa shape index (κ1) is 91.2. The van der Waals surface area contributed by atoms with Gasteiger partial charge in [0, 0.05) is 33.4 Å². The zero-order chi connectivity index (χ0) is 94.9. The molecule has 0 saturated carbocycles. The Morgan fingerprint density at radius 1 is 0.136 bits per heavy atom. The van der Waals surface area contributed by atoms with Gasteiger partial charge in [-0.15, -0.1) is 0 Å². The fourth-order valence-corrected chi connectivity index (χ4v) is 34.9. The summed E-state index contributed by atoms with van der Waals surface area (Å²) in [6.45, 7) is 18.4. The summed E-state index contributed by atoms with van der Waals surface area (Å²) in [5.41, 5.74) is 15.9. The van der Waals surface area contributed by atoms with E-state index in [9.17, 15) is 0 Å². The summed E-state index contributed by atoms with van der Waals surface area (Å²) in [7, 11) is -5.98. The highest BCUT2D eigenvalue weighted by atomic mass is 31.1. The first-order valence-corrected chi connectivity index (χ1v) is 54.9. The SMILES string of the molecule is Cc1cccc(P(c2cccc(C)c2)c2ccc3c(c2-c2c(P(c4cccc(C)c4)c4cccc(C)c4)ccc4c2OCO4)OCO3)c1.Cc1cccc(P(c2cccc(C)c2)c2ccc3c(c2-c2c(P(c4cccc(C)c4)c4cccc(C)c4)ccc4c2OCO4)OCO3)c1.c1ccc(P(c2ccccc2)c2ccc3c(c2-c2c(P(c4ccccc4)c4ccccc4)ccc4c2OCO4)OCO3)cc1. The predicted octanol–water partition coefficient (Wildman–Crippen LogP) is 21.4. The van der Waals surface area contributed by atoms with Crippen LogP contribution in [0.2, 0.25) is 0 Å². The monoisotopic (exact) mass is 1940 g/mol. The molecule has 0 atom stereocenters. The van der Waals surface area contributed by atoms with Gasteiger partial charge >= 0.3 is 0 Å². The molecule has 0 radical (unpaired) electrons. The van der Waals surface area contributed by atoms with Crippen LogP contribution in [0.15, 0.2) is 388 Å². The van der Waals surface area contributed by atoms with Gasteiger partial charge < -0.3 is 56.8 Å². The average molecular weight is 1940 g/mol. The van der Waals surface area contributed by atoms with Crippen LogP contribution in [0.4, 0.5) is 0 Å². The first-order chi connectivity index (χ1) is 68.7. The Morgan fingerprint density at radius 3 is 0.414 bits per heavy atom. The summed E-state index contributed by atoms with van der Waals surface area (Å²) in [6, 6.07) is 140. The van der Waals surface area contributed by atoms with Crippen LogP contribution in [-0.2, 0) is 0 Å². The molecule has 0 fully saturated rings. The number of rotatable bonds is 21. The van der Waals surface area contributed by atoms with Gasteiger partial charge in [-0.2, -0.15) is 0 Å². The van der Waals surface area contributed by atoms with Crippen LogP contribution in [0.1, 0.15) is 44.5 Å². The summed E-state index contributed by atoms with van der Waals surface area (Å²) < 4.78 is 74.8. The molecular weight excluding hydrogens is 1840 g/mol. The third kappa shape index (κ3) is 18.4. The van der Waals surface area contributed by atoms with E-state index in [1.54, 1.807) is 0 Å². The summed E-state index contributed by atoms with van der Waals surface area (Å²) in [5.74, 6) is 9.00. The van der Waals surface area contributed by atoms with Crippen molar-refractivity contribution in [2.45, 2.75) is 55.4 Å². The molecule has 6 aliphatic rings. The van der Waals surface area contributed by atoms with E-state index >= 15 is 0 Å². The van der Waals surface area contributed by atoms with Crippen molar-refractivity contribution in [1.82, 2.24) is 0 Å². The molecule has 6 aliphatic heterocycles. The lowest BCUT2D eigenvalue weighted by molar-refractivity contribution is 0.173. The maximum absolute atomic E-state index is 6.44. The zero-order valence-corrected chi connectivity index (χ0v) is 84.1. The molecule has 0 amide bonds. The van der Waals surface area contributed by atoms with Crippen molar-refractivity contribution >= 4 is 143 Å². The van der Waals surface area contributed by atoms with Crippen LogP contribution < -0.4 is 152 Å². The molecule has 18 heteroatoms. The molecule has 0 unspecified atom stereocenters. The number of benzene rings is 18. The predicted molar refractivity (Wildman–Crippen MR) is 583 cm³/mol. The Labute approximate surface area is 825 Å². The van der Waals surface area contributed by atoms with E-state index < -0.39 is 47.5 Å². The second-order valence-corrected chi connectivity index (χ2v) is 48.3. The van der Waals surface area contributed by atoms with Crippen molar-refractivity contribution < 1.29 is 56.8 Å². The molecule has 12 nitrogen and oxygen atoms in total. The quantitative estimate of drug-likeness (QED) is 0.0639. The number of aryl methyl sites for hydroxylation is 8. The van der Waals surface area contributed by atoms with E-state index in [-0.39, 0.29) is 40.8 Å². The van der Waals surface area contributed by atoms with E-state index in [1.807, 2.05) is 0 Å². The second-order valence-electron chi connectivity index (χ2n) is 35.2. The Hall–Kier alpha value is -13.9. The smallest absolute Gasteiger partial charge is 0.231 e. The Kier molecular flexibility index (Phi) is 26.4. The summed E-state index contributed by atoms with van der Waals surface area (Å²) in [5, 5.41) is 22.4. The molecule has 690 valence electrons. The van der Waals surface area contributed by atoms with E-state index in [4.69, 9.17) is 56.8 Å². The minimum atomic E-state index is -1.01. The third-order valence-corrected chi connectivity index (χ3v) is 40.2. The van der Waals surface area contributed by atoms with Crippen molar-refractivity contribution in [3.63, 3.8) is 0 Å². The normalized spacial score (nSPS) is 13.0. The zero-order valence-electron chi connectivity index (χ0n) is 78.8. The van der Waals surface area contributed by atoms with Gasteiger partial charge in [0.25, 0.3) is 0 Å². The largest absolute Gasteiger partial charge is 0.454 e. The molecular formula is C122H100O12P6. The molecule has 0 spiro atoms. The van der Waals surface area contributed by atoms with Gasteiger partial charge in [-0.3, -0.25) is 0 Å². The molecule has 140 heavy (non-hydrogen) atoms. The minimum absolute atomic E-state index is 0.171. The van der Waals surface area contributed by atoms with E-state index in [1.165, 1.54) is 140 Å². The lowest BCUT2D eigenvalue weighted by Gasteiger charge is -2.28. The number of ether oxygens (including phenoxy) is 12. The lowest BCUT2D eigenvalue weighted by atomic mass is 10.0. The van der Waals surface area contributed by atoms with Crippen LogP contribution in [0.5, 0.6) is 69.0 Å². The third-order valence-electron chi connectivity index (χ3n) is 25.4. The second kappa shape index (κ2) is 40.5. The van der Waals surface area contributed by atoms with Gasteiger partial charge in [0.15, 0.2) is 69.0 Å². The van der Waals surface area contributed by atoms with Gasteiger partial charge in [-0.1, -0.05) is 360 Å². The van der Waals surface area contributed by atoms with Crippen molar-refractivity contribution in [3.8, 4) is 102 Å². The molecule has 6 heterocycles. The first-order valence-electron chi connectivity index (χ1n) is 46.9. The van der Waals surface area contributed by atoms with Crippen LogP contribution in [-0.4, -0.2) is 40.8 Å². The van der Waals surface area contributed by atoms with Crippen LogP contribution >= 0.6 is 47.5 Å². The number of hydrogen-bond donors (Lipinski definition) is 0. The standard InChI is InChI=1S/2C42H36O4P2.C38H28O4P2/c2*1-27-9-5-13-31(21-27)47(32-14-6-10-28(2)22-32)37-19-17-35-41(45-25-43-35)39(37)40-38(20-18-36-42(40)46-26-44-36)48(33-15-7-11-29(3)23-33)34-16-8-12-30(4)24-34;1-5-13-27(14-6-1)43(28-15-7-2-8-16-28)33-23-21-31-37(41-25-39-31)35(33)36-34(24-22-32-38(36)42-26-40-32)44(29-17-9-3-10-18-29)30-19-11-4-12-20-30/h2*5-24H,25-26H2,1-4H3;1-24H,25-26H2. The Balaban J connectivity index is 0.000000121. The van der Waals surface area contributed by atoms with Crippen LogP contribution in [0.25, 0.3) is 33.4 Å². The maximum atomic E-state index is 6.44. The molecule has 0 N–H and O–H groups in total. The summed E-state index contributed by atoms with van der Waals surface area (Å²) >= 11 is 0. The van der Waals surface area contributed by atoms with Gasteiger partial charge in [0.05, 0.1) is 0 Å². The van der Waals surface area contributed by atoms with Crippen molar-refractivity contribution in [1.29, 1.82) is 0 Å². The van der Waals surface area contributed by atoms with Crippen molar-refractivity contribution in [2.75, 3.05) is 40.8 Å². The number of hydrogen-bond acceptors (Lipinski definition) is 12. The van der Waals surface area contributed by atoms with Gasteiger partial charge in [-0.25, -0.2) is 0 Å². The molecule has 0 bridgehead atoms. The van der Waals surface area contributed by atoms with E-state index in [2.05, 4.69) is 444 Å². The van der Waals surface area contributed by atoms with E-state index in [0.29, 0.717) is 0 Å². The molecule has 0 aromatic heterocycles. The highest BCUT2D eigenvalue weighted by molar-refractivity contribution is 7.82. The van der Waals surface area contributed by atoms with Crippen LogP contribution in [0, 0.1) is 55.4 Å². The molecule has 0 aliphatic carbocycles. The van der Waals surface area contributed by atoms with Gasteiger partial charge in [-0.05, 0) is 271 Å². The Morgan fingerprint density at radius 2 is 0.271 bits per heavy atom. The van der Waals surface area contributed by atoms with Gasteiger partial charge in [0.1, 0.15) is 0 Å². The molecule has 18 aromatic rings. The highest BCUT2D eigenvalue weighted by Gasteiger charge is 2.41. The van der Waals surface area contributed by atoms with E-state index in [0.717, 1.165) is 102 Å². The van der Waals surface area contributed by atoms with Crippen LogP contribution in [0.3, 0.4) is 0 Å². The molecule has 24 rings (SSSR count). The fourth-order valence-electron chi connectivity index (χ4n) is 19.3. The average Bonchev–Trinajstić information content (AvgIpc) is 1.49. The Bertz CT molecular complexity index is 6670.